The third-order valence-corrected chi connectivity index (χ3v) is 4.06. The standard InChI is InChI=1S/C17H18ClN3O/c18-16-9-8-13(12-19-16)17(22)20-14-6-2-3-7-15(14)21-10-4-1-5-11-21/h2-3,6-9,12H,1,4-5,10-11H2,(H,20,22). The van der Waals surface area contributed by atoms with Crippen LogP contribution in [0.25, 0.3) is 0 Å². The third-order valence-electron chi connectivity index (χ3n) is 3.84. The van der Waals surface area contributed by atoms with Crippen molar-refractivity contribution in [1.29, 1.82) is 0 Å². The number of hydrogen-bond acceptors (Lipinski definition) is 3. The monoisotopic (exact) mass is 315 g/mol. The highest BCUT2D eigenvalue weighted by atomic mass is 35.5. The molecule has 1 aromatic carbocycles. The average Bonchev–Trinajstić information content (AvgIpc) is 2.57. The zero-order chi connectivity index (χ0) is 15.4. The summed E-state index contributed by atoms with van der Waals surface area (Å²) in [7, 11) is 0. The van der Waals surface area contributed by atoms with Crippen molar-refractivity contribution in [1.82, 2.24) is 4.98 Å². The normalized spacial score (nSPS) is 14.7. The summed E-state index contributed by atoms with van der Waals surface area (Å²) in [5.74, 6) is -0.173. The molecule has 0 unspecified atom stereocenters. The molecule has 2 aromatic rings. The van der Waals surface area contributed by atoms with Crippen LogP contribution in [0.2, 0.25) is 5.15 Å². The highest BCUT2D eigenvalue weighted by molar-refractivity contribution is 6.29. The van der Waals surface area contributed by atoms with Crippen molar-refractivity contribution in [3.8, 4) is 0 Å². The molecule has 1 aromatic heterocycles. The number of aromatic nitrogens is 1. The number of pyridine rings is 1. The lowest BCUT2D eigenvalue weighted by molar-refractivity contribution is 0.102. The Morgan fingerprint density at radius 3 is 2.59 bits per heavy atom. The molecule has 22 heavy (non-hydrogen) atoms. The predicted octanol–water partition coefficient (Wildman–Crippen LogP) is 3.98. The Labute approximate surface area is 135 Å². The fourth-order valence-electron chi connectivity index (χ4n) is 2.69. The van der Waals surface area contributed by atoms with Gasteiger partial charge in [-0.15, -0.1) is 0 Å². The van der Waals surface area contributed by atoms with Gasteiger partial charge in [0, 0.05) is 19.3 Å². The molecule has 0 spiro atoms. The molecule has 114 valence electrons. The molecule has 0 radical (unpaired) electrons. The van der Waals surface area contributed by atoms with E-state index < -0.39 is 0 Å². The van der Waals surface area contributed by atoms with E-state index in [-0.39, 0.29) is 5.91 Å². The van der Waals surface area contributed by atoms with Crippen LogP contribution >= 0.6 is 11.6 Å². The van der Waals surface area contributed by atoms with Crippen molar-refractivity contribution in [3.63, 3.8) is 0 Å². The number of piperidine rings is 1. The van der Waals surface area contributed by atoms with E-state index in [9.17, 15) is 4.79 Å². The van der Waals surface area contributed by atoms with Crippen LogP contribution in [0.1, 0.15) is 29.6 Å². The van der Waals surface area contributed by atoms with Crippen molar-refractivity contribution in [2.75, 3.05) is 23.3 Å². The van der Waals surface area contributed by atoms with E-state index in [0.29, 0.717) is 10.7 Å². The van der Waals surface area contributed by atoms with Crippen LogP contribution in [0.4, 0.5) is 11.4 Å². The van der Waals surface area contributed by atoms with E-state index in [1.54, 1.807) is 12.1 Å². The molecular formula is C17H18ClN3O. The van der Waals surface area contributed by atoms with E-state index in [1.165, 1.54) is 25.5 Å². The lowest BCUT2D eigenvalue weighted by Crippen LogP contribution is -2.30. The predicted molar refractivity (Wildman–Crippen MR) is 89.7 cm³/mol. The molecule has 1 aliphatic heterocycles. The number of nitrogens with zero attached hydrogens (tertiary/aromatic N) is 2. The molecule has 4 nitrogen and oxygen atoms in total. The summed E-state index contributed by atoms with van der Waals surface area (Å²) in [5.41, 5.74) is 2.42. The Hall–Kier alpha value is -2.07. The fourth-order valence-corrected chi connectivity index (χ4v) is 2.81. The Morgan fingerprint density at radius 1 is 1.09 bits per heavy atom. The molecule has 0 saturated carbocycles. The maximum Gasteiger partial charge on any atom is 0.257 e. The first-order valence-electron chi connectivity index (χ1n) is 7.51. The number of nitrogens with one attached hydrogen (secondary N) is 1. The first-order chi connectivity index (χ1) is 10.7. The van der Waals surface area contributed by atoms with Crippen LogP contribution in [0.15, 0.2) is 42.6 Å². The van der Waals surface area contributed by atoms with Crippen LogP contribution < -0.4 is 10.2 Å². The maximum atomic E-state index is 12.3. The quantitative estimate of drug-likeness (QED) is 0.871. The molecule has 0 atom stereocenters. The number of anilines is 2. The number of halogens is 1. The van der Waals surface area contributed by atoms with Gasteiger partial charge in [-0.3, -0.25) is 4.79 Å². The summed E-state index contributed by atoms with van der Waals surface area (Å²) in [5, 5.41) is 3.36. The van der Waals surface area contributed by atoms with Crippen LogP contribution in [0, 0.1) is 0 Å². The number of hydrogen-bond donors (Lipinski definition) is 1. The molecule has 2 heterocycles. The Bertz CT molecular complexity index is 651. The van der Waals surface area contributed by atoms with Gasteiger partial charge < -0.3 is 10.2 Å². The summed E-state index contributed by atoms with van der Waals surface area (Å²) >= 11 is 5.75. The number of rotatable bonds is 3. The third kappa shape index (κ3) is 3.39. The van der Waals surface area contributed by atoms with E-state index in [2.05, 4.69) is 21.3 Å². The van der Waals surface area contributed by atoms with Crippen molar-refractivity contribution in [3.05, 3.63) is 53.3 Å². The Balaban J connectivity index is 1.79. The summed E-state index contributed by atoms with van der Waals surface area (Å²) in [4.78, 5) is 18.6. The van der Waals surface area contributed by atoms with Crippen molar-refractivity contribution >= 4 is 28.9 Å². The number of amides is 1. The molecular weight excluding hydrogens is 298 g/mol. The number of para-hydroxylation sites is 2. The van der Waals surface area contributed by atoms with Gasteiger partial charge in [-0.25, -0.2) is 4.98 Å². The molecule has 0 aliphatic carbocycles. The topological polar surface area (TPSA) is 45.2 Å². The van der Waals surface area contributed by atoms with Crippen molar-refractivity contribution < 1.29 is 4.79 Å². The van der Waals surface area contributed by atoms with Gasteiger partial charge >= 0.3 is 0 Å². The lowest BCUT2D eigenvalue weighted by atomic mass is 10.1. The van der Waals surface area contributed by atoms with Crippen molar-refractivity contribution in [2.45, 2.75) is 19.3 Å². The molecule has 1 saturated heterocycles. The van der Waals surface area contributed by atoms with Crippen LogP contribution in [0.3, 0.4) is 0 Å². The first kappa shape index (κ1) is 14.9. The second-order valence-corrected chi connectivity index (χ2v) is 5.78. The van der Waals surface area contributed by atoms with Gasteiger partial charge in [-0.2, -0.15) is 0 Å². The van der Waals surface area contributed by atoms with Gasteiger partial charge in [-0.05, 0) is 43.5 Å². The number of benzene rings is 1. The molecule has 1 N–H and O–H groups in total. The van der Waals surface area contributed by atoms with Crippen LogP contribution in [-0.4, -0.2) is 24.0 Å². The largest absolute Gasteiger partial charge is 0.370 e. The minimum Gasteiger partial charge on any atom is -0.370 e. The summed E-state index contributed by atoms with van der Waals surface area (Å²) in [6, 6.07) is 11.2. The number of carbonyl (C=O) groups excluding carboxylic acids is 1. The molecule has 1 aliphatic rings. The highest BCUT2D eigenvalue weighted by Crippen LogP contribution is 2.28. The molecule has 1 fully saturated rings. The zero-order valence-corrected chi connectivity index (χ0v) is 13.0. The second kappa shape index (κ2) is 6.79. The van der Waals surface area contributed by atoms with Crippen LogP contribution in [0.5, 0.6) is 0 Å². The first-order valence-corrected chi connectivity index (χ1v) is 7.89. The van der Waals surface area contributed by atoms with Gasteiger partial charge in [0.15, 0.2) is 0 Å². The fraction of sp³-hybridized carbons (Fsp3) is 0.294. The minimum absolute atomic E-state index is 0.173. The molecule has 5 heteroatoms. The Morgan fingerprint density at radius 2 is 1.86 bits per heavy atom. The molecule has 0 bridgehead atoms. The lowest BCUT2D eigenvalue weighted by Gasteiger charge is -2.30. The average molecular weight is 316 g/mol. The van der Waals surface area contributed by atoms with E-state index in [0.717, 1.165) is 24.5 Å². The van der Waals surface area contributed by atoms with E-state index in [4.69, 9.17) is 11.6 Å². The van der Waals surface area contributed by atoms with E-state index in [1.807, 2.05) is 18.2 Å². The minimum atomic E-state index is -0.173. The van der Waals surface area contributed by atoms with E-state index >= 15 is 0 Å². The SMILES string of the molecule is O=C(Nc1ccccc1N1CCCCC1)c1ccc(Cl)nc1. The van der Waals surface area contributed by atoms with Crippen LogP contribution in [-0.2, 0) is 0 Å². The molecule has 1 amide bonds. The van der Waals surface area contributed by atoms with Gasteiger partial charge in [0.1, 0.15) is 5.15 Å². The maximum absolute atomic E-state index is 12.3. The van der Waals surface area contributed by atoms with Crippen molar-refractivity contribution in [2.24, 2.45) is 0 Å². The van der Waals surface area contributed by atoms with Gasteiger partial charge in [-0.1, -0.05) is 23.7 Å². The summed E-state index contributed by atoms with van der Waals surface area (Å²) in [6.45, 7) is 2.07. The Kier molecular flexibility index (Phi) is 4.59. The summed E-state index contributed by atoms with van der Waals surface area (Å²) in [6.07, 6.45) is 5.16. The summed E-state index contributed by atoms with van der Waals surface area (Å²) < 4.78 is 0. The number of carbonyl (C=O) groups is 1. The second-order valence-electron chi connectivity index (χ2n) is 5.39. The highest BCUT2D eigenvalue weighted by Gasteiger charge is 2.16. The molecule has 3 rings (SSSR count). The van der Waals surface area contributed by atoms with Gasteiger partial charge in [0.25, 0.3) is 5.91 Å². The van der Waals surface area contributed by atoms with Gasteiger partial charge in [0.05, 0.1) is 16.9 Å². The zero-order valence-electron chi connectivity index (χ0n) is 12.3. The van der Waals surface area contributed by atoms with Gasteiger partial charge in [0.2, 0.25) is 0 Å². The smallest absolute Gasteiger partial charge is 0.257 e.